The minimum atomic E-state index is -0.850. The molecule has 4 nitrogen and oxygen atoms in total. The molecule has 0 saturated heterocycles. The summed E-state index contributed by atoms with van der Waals surface area (Å²) in [5.41, 5.74) is 2.15. The van der Waals surface area contributed by atoms with Crippen LogP contribution in [-0.4, -0.2) is 4.92 Å². The Bertz CT molecular complexity index is 656. The van der Waals surface area contributed by atoms with Crippen molar-refractivity contribution in [3.63, 3.8) is 0 Å². The molecule has 2 rings (SSSR count). The Morgan fingerprint density at radius 1 is 1.20 bits per heavy atom. The van der Waals surface area contributed by atoms with Crippen molar-refractivity contribution < 1.29 is 14.1 Å². The molecule has 104 valence electrons. The lowest BCUT2D eigenvalue weighted by atomic mass is 10.1. The number of nitro benzene ring substituents is 1. The Balaban J connectivity index is 2.11. The van der Waals surface area contributed by atoms with E-state index in [9.17, 15) is 14.5 Å². The smallest absolute Gasteiger partial charge is 0.304 e. The summed E-state index contributed by atoms with van der Waals surface area (Å²) in [6.07, 6.45) is 0. The molecule has 0 aliphatic heterocycles. The number of nitrogens with zero attached hydrogens (tertiary/aromatic N) is 1. The van der Waals surface area contributed by atoms with Crippen molar-refractivity contribution in [3.8, 4) is 5.75 Å². The minimum absolute atomic E-state index is 0.165. The lowest BCUT2D eigenvalue weighted by Gasteiger charge is -2.09. The van der Waals surface area contributed by atoms with Crippen molar-refractivity contribution >= 4 is 5.69 Å². The zero-order chi connectivity index (χ0) is 14.7. The van der Waals surface area contributed by atoms with Gasteiger partial charge >= 0.3 is 5.69 Å². The van der Waals surface area contributed by atoms with Crippen molar-refractivity contribution in [1.82, 2.24) is 0 Å². The van der Waals surface area contributed by atoms with Gasteiger partial charge < -0.3 is 4.74 Å². The van der Waals surface area contributed by atoms with Crippen molar-refractivity contribution in [1.29, 1.82) is 0 Å². The number of hydrogen-bond acceptors (Lipinski definition) is 3. The van der Waals surface area contributed by atoms with Crippen molar-refractivity contribution in [2.45, 2.75) is 20.5 Å². The molecule has 0 unspecified atom stereocenters. The van der Waals surface area contributed by atoms with Crippen LogP contribution in [0, 0.1) is 29.8 Å². The highest BCUT2D eigenvalue weighted by Gasteiger charge is 2.13. The fourth-order valence-electron chi connectivity index (χ4n) is 1.91. The number of halogens is 1. The molecule has 2 aromatic carbocycles. The number of rotatable bonds is 4. The molecule has 0 aliphatic rings. The van der Waals surface area contributed by atoms with Crippen LogP contribution >= 0.6 is 0 Å². The van der Waals surface area contributed by atoms with Gasteiger partial charge in [-0.2, -0.15) is 4.39 Å². The van der Waals surface area contributed by atoms with Crippen LogP contribution in [0.15, 0.2) is 36.4 Å². The van der Waals surface area contributed by atoms with Gasteiger partial charge in [0.05, 0.1) is 4.92 Å². The Hall–Kier alpha value is -2.43. The Morgan fingerprint density at radius 3 is 2.55 bits per heavy atom. The predicted octanol–water partition coefficient (Wildman–Crippen LogP) is 3.93. The minimum Gasteiger partial charge on any atom is -0.489 e. The van der Waals surface area contributed by atoms with Gasteiger partial charge in [-0.05, 0) is 43.2 Å². The first-order valence-electron chi connectivity index (χ1n) is 6.10. The molecule has 20 heavy (non-hydrogen) atoms. The van der Waals surface area contributed by atoms with E-state index in [4.69, 9.17) is 4.74 Å². The maximum atomic E-state index is 13.5. The average molecular weight is 275 g/mol. The molecule has 0 amide bonds. The molecule has 0 aliphatic carbocycles. The van der Waals surface area contributed by atoms with Gasteiger partial charge in [-0.1, -0.05) is 17.7 Å². The highest BCUT2D eigenvalue weighted by Crippen LogP contribution is 2.22. The number of hydrogen-bond donors (Lipinski definition) is 0. The van der Waals surface area contributed by atoms with Gasteiger partial charge in [-0.25, -0.2) is 0 Å². The largest absolute Gasteiger partial charge is 0.489 e. The van der Waals surface area contributed by atoms with Crippen LogP contribution in [0.3, 0.4) is 0 Å². The lowest BCUT2D eigenvalue weighted by Crippen LogP contribution is -1.99. The monoisotopic (exact) mass is 275 g/mol. The standard InChI is InChI=1S/C15H14FNO3/c1-10-3-6-15(11(2)7-10)20-9-12-4-5-14(17(18)19)13(16)8-12/h3-8H,9H2,1-2H3. The highest BCUT2D eigenvalue weighted by atomic mass is 19.1. The molecule has 0 saturated carbocycles. The second kappa shape index (κ2) is 5.69. The summed E-state index contributed by atoms with van der Waals surface area (Å²) in [6, 6.07) is 9.54. The van der Waals surface area contributed by atoms with E-state index in [1.165, 1.54) is 6.07 Å². The number of benzene rings is 2. The van der Waals surface area contributed by atoms with Crippen LogP contribution in [0.5, 0.6) is 5.75 Å². The number of nitro groups is 1. The van der Waals surface area contributed by atoms with Gasteiger partial charge in [0.25, 0.3) is 0 Å². The Kier molecular flexibility index (Phi) is 3.98. The van der Waals surface area contributed by atoms with Crippen LogP contribution in [0.1, 0.15) is 16.7 Å². The van der Waals surface area contributed by atoms with Crippen molar-refractivity contribution in [2.75, 3.05) is 0 Å². The third kappa shape index (κ3) is 3.12. The zero-order valence-corrected chi connectivity index (χ0v) is 11.2. The quantitative estimate of drug-likeness (QED) is 0.627. The van der Waals surface area contributed by atoms with Crippen LogP contribution in [0.25, 0.3) is 0 Å². The summed E-state index contributed by atoms with van der Waals surface area (Å²) in [5.74, 6) is -0.133. The molecule has 0 heterocycles. The fraction of sp³-hybridized carbons (Fsp3) is 0.200. The Morgan fingerprint density at radius 2 is 1.95 bits per heavy atom. The third-order valence-electron chi connectivity index (χ3n) is 2.93. The van der Waals surface area contributed by atoms with E-state index in [0.717, 1.165) is 29.0 Å². The maximum absolute atomic E-state index is 13.5. The second-order valence-corrected chi connectivity index (χ2v) is 4.60. The van der Waals surface area contributed by atoms with Gasteiger partial charge in [-0.15, -0.1) is 0 Å². The summed E-state index contributed by atoms with van der Waals surface area (Å²) in [4.78, 5) is 9.78. The molecule has 0 N–H and O–H groups in total. The zero-order valence-electron chi connectivity index (χ0n) is 11.2. The first kappa shape index (κ1) is 14.0. The Labute approximate surface area is 116 Å². The molecule has 2 aromatic rings. The van der Waals surface area contributed by atoms with Crippen molar-refractivity contribution in [2.24, 2.45) is 0 Å². The third-order valence-corrected chi connectivity index (χ3v) is 2.93. The molecular weight excluding hydrogens is 261 g/mol. The van der Waals surface area contributed by atoms with Gasteiger partial charge in [0.1, 0.15) is 12.4 Å². The number of ether oxygens (including phenoxy) is 1. The van der Waals surface area contributed by atoms with E-state index in [0.29, 0.717) is 5.56 Å². The van der Waals surface area contributed by atoms with Gasteiger partial charge in [0, 0.05) is 6.07 Å². The topological polar surface area (TPSA) is 52.4 Å². The molecule has 0 fully saturated rings. The normalized spacial score (nSPS) is 10.3. The summed E-state index contributed by atoms with van der Waals surface area (Å²) >= 11 is 0. The SMILES string of the molecule is Cc1ccc(OCc2ccc([N+](=O)[O-])c(F)c2)c(C)c1. The molecule has 0 atom stereocenters. The van der Waals surface area contributed by atoms with Gasteiger partial charge in [0.2, 0.25) is 5.82 Å². The van der Waals surface area contributed by atoms with E-state index >= 15 is 0 Å². The van der Waals surface area contributed by atoms with E-state index < -0.39 is 16.4 Å². The first-order chi connectivity index (χ1) is 9.47. The van der Waals surface area contributed by atoms with Gasteiger partial charge in [0.15, 0.2) is 0 Å². The molecule has 5 heteroatoms. The summed E-state index contributed by atoms with van der Waals surface area (Å²) in [7, 11) is 0. The molecule has 0 aromatic heterocycles. The van der Waals surface area contributed by atoms with E-state index in [1.807, 2.05) is 32.0 Å². The maximum Gasteiger partial charge on any atom is 0.304 e. The van der Waals surface area contributed by atoms with Crippen LogP contribution in [0.4, 0.5) is 10.1 Å². The molecule has 0 bridgehead atoms. The van der Waals surface area contributed by atoms with Gasteiger partial charge in [-0.3, -0.25) is 10.1 Å². The second-order valence-electron chi connectivity index (χ2n) is 4.60. The molecule has 0 radical (unpaired) electrons. The average Bonchev–Trinajstić information content (AvgIpc) is 2.37. The van der Waals surface area contributed by atoms with E-state index in [1.54, 1.807) is 0 Å². The summed E-state index contributed by atoms with van der Waals surface area (Å²) < 4.78 is 19.1. The first-order valence-corrected chi connectivity index (χ1v) is 6.10. The molecule has 0 spiro atoms. The fourth-order valence-corrected chi connectivity index (χ4v) is 1.91. The van der Waals surface area contributed by atoms with E-state index in [2.05, 4.69) is 0 Å². The van der Waals surface area contributed by atoms with Crippen LogP contribution in [-0.2, 0) is 6.61 Å². The summed E-state index contributed by atoms with van der Waals surface area (Å²) in [6.45, 7) is 4.08. The molecular formula is C15H14FNO3. The van der Waals surface area contributed by atoms with Crippen LogP contribution in [0.2, 0.25) is 0 Å². The highest BCUT2D eigenvalue weighted by molar-refractivity contribution is 5.37. The van der Waals surface area contributed by atoms with Crippen LogP contribution < -0.4 is 4.74 Å². The lowest BCUT2D eigenvalue weighted by molar-refractivity contribution is -0.387. The predicted molar refractivity (Wildman–Crippen MR) is 73.3 cm³/mol. The van der Waals surface area contributed by atoms with Crippen molar-refractivity contribution in [3.05, 3.63) is 69.0 Å². The van der Waals surface area contributed by atoms with E-state index in [-0.39, 0.29) is 6.61 Å². The summed E-state index contributed by atoms with van der Waals surface area (Å²) in [5, 5.41) is 10.5. The number of aryl methyl sites for hydroxylation is 2.